The Bertz CT molecular complexity index is 570. The Kier molecular flexibility index (Phi) is 4.00. The number of carboxylic acids is 1. The van der Waals surface area contributed by atoms with Crippen molar-refractivity contribution in [1.29, 1.82) is 0 Å². The van der Waals surface area contributed by atoms with Gasteiger partial charge in [0, 0.05) is 5.56 Å². The third-order valence-corrected chi connectivity index (χ3v) is 3.02. The zero-order chi connectivity index (χ0) is 13.8. The molecule has 0 saturated carbocycles. The van der Waals surface area contributed by atoms with E-state index in [4.69, 9.17) is 9.52 Å². The fraction of sp³-hybridized carbons (Fsp3) is 0.333. The van der Waals surface area contributed by atoms with Gasteiger partial charge >= 0.3 is 5.97 Å². The normalized spacial score (nSPS) is 10.6. The molecule has 0 saturated heterocycles. The van der Waals surface area contributed by atoms with Gasteiger partial charge in [-0.3, -0.25) is 0 Å². The van der Waals surface area contributed by atoms with Crippen molar-refractivity contribution in [3.05, 3.63) is 41.3 Å². The predicted molar refractivity (Wildman–Crippen MR) is 72.2 cm³/mol. The second-order valence-electron chi connectivity index (χ2n) is 4.53. The molecule has 0 bridgehead atoms. The number of aromatic nitrogens is 1. The minimum absolute atomic E-state index is 0.0231. The Morgan fingerprint density at radius 1 is 1.32 bits per heavy atom. The molecular formula is C15H17NO3. The Labute approximate surface area is 112 Å². The largest absolute Gasteiger partial charge is 0.476 e. The van der Waals surface area contributed by atoms with E-state index in [1.807, 2.05) is 24.3 Å². The summed E-state index contributed by atoms with van der Waals surface area (Å²) < 4.78 is 5.39. The molecule has 0 atom stereocenters. The zero-order valence-corrected chi connectivity index (χ0v) is 11.1. The van der Waals surface area contributed by atoms with Crippen LogP contribution in [0.25, 0.3) is 11.5 Å². The molecule has 1 aromatic carbocycles. The number of hydrogen-bond acceptors (Lipinski definition) is 3. The van der Waals surface area contributed by atoms with Crippen LogP contribution in [-0.2, 0) is 6.42 Å². The molecule has 0 aliphatic carbocycles. The molecule has 0 amide bonds. The average molecular weight is 259 g/mol. The van der Waals surface area contributed by atoms with E-state index in [1.54, 1.807) is 6.92 Å². The summed E-state index contributed by atoms with van der Waals surface area (Å²) in [5.74, 6) is -0.374. The van der Waals surface area contributed by atoms with Gasteiger partial charge in [0.1, 0.15) is 5.76 Å². The molecule has 0 aliphatic heterocycles. The Morgan fingerprint density at radius 3 is 2.53 bits per heavy atom. The van der Waals surface area contributed by atoms with Crippen LogP contribution in [0.2, 0.25) is 0 Å². The number of aryl methyl sites for hydroxylation is 2. The van der Waals surface area contributed by atoms with Crippen LogP contribution in [0.15, 0.2) is 28.7 Å². The van der Waals surface area contributed by atoms with Crippen LogP contribution in [0.1, 0.15) is 41.6 Å². The molecule has 4 nitrogen and oxygen atoms in total. The SMILES string of the molecule is CCCCc1ccc(-c2nc(C(=O)O)c(C)o2)cc1. The maximum Gasteiger partial charge on any atom is 0.358 e. The van der Waals surface area contributed by atoms with Gasteiger partial charge in [-0.1, -0.05) is 25.5 Å². The third kappa shape index (κ3) is 3.02. The first-order valence-electron chi connectivity index (χ1n) is 6.42. The highest BCUT2D eigenvalue weighted by atomic mass is 16.4. The van der Waals surface area contributed by atoms with E-state index >= 15 is 0 Å². The van der Waals surface area contributed by atoms with Gasteiger partial charge in [-0.2, -0.15) is 0 Å². The van der Waals surface area contributed by atoms with E-state index in [0.29, 0.717) is 11.7 Å². The molecule has 2 aromatic rings. The quantitative estimate of drug-likeness (QED) is 0.889. The first-order valence-corrected chi connectivity index (χ1v) is 6.42. The number of unbranched alkanes of at least 4 members (excludes halogenated alkanes) is 1. The van der Waals surface area contributed by atoms with Crippen molar-refractivity contribution in [3.63, 3.8) is 0 Å². The lowest BCUT2D eigenvalue weighted by molar-refractivity contribution is 0.0689. The lowest BCUT2D eigenvalue weighted by Gasteiger charge is -2.00. The molecule has 0 spiro atoms. The summed E-state index contributed by atoms with van der Waals surface area (Å²) in [6.07, 6.45) is 3.39. The Morgan fingerprint density at radius 2 is 2.00 bits per heavy atom. The minimum Gasteiger partial charge on any atom is -0.476 e. The highest BCUT2D eigenvalue weighted by Crippen LogP contribution is 2.22. The fourth-order valence-electron chi connectivity index (χ4n) is 1.91. The topological polar surface area (TPSA) is 63.3 Å². The summed E-state index contributed by atoms with van der Waals surface area (Å²) in [5.41, 5.74) is 2.05. The van der Waals surface area contributed by atoms with Gasteiger partial charge in [-0.05, 0) is 37.5 Å². The lowest BCUT2D eigenvalue weighted by atomic mass is 10.1. The van der Waals surface area contributed by atoms with Gasteiger partial charge < -0.3 is 9.52 Å². The number of oxazole rings is 1. The molecule has 1 heterocycles. The van der Waals surface area contributed by atoms with Crippen molar-refractivity contribution < 1.29 is 14.3 Å². The molecule has 1 N–H and O–H groups in total. The van der Waals surface area contributed by atoms with E-state index in [2.05, 4.69) is 11.9 Å². The summed E-state index contributed by atoms with van der Waals surface area (Å²) in [7, 11) is 0. The van der Waals surface area contributed by atoms with Gasteiger partial charge in [0.2, 0.25) is 5.89 Å². The number of aromatic carboxylic acids is 1. The summed E-state index contributed by atoms with van der Waals surface area (Å²) in [5, 5.41) is 8.94. The lowest BCUT2D eigenvalue weighted by Crippen LogP contribution is -1.98. The van der Waals surface area contributed by atoms with E-state index < -0.39 is 5.97 Å². The van der Waals surface area contributed by atoms with Gasteiger partial charge in [0.15, 0.2) is 5.69 Å². The molecular weight excluding hydrogens is 242 g/mol. The van der Waals surface area contributed by atoms with Gasteiger partial charge in [0.25, 0.3) is 0 Å². The molecule has 0 radical (unpaired) electrons. The van der Waals surface area contributed by atoms with Crippen LogP contribution < -0.4 is 0 Å². The first-order chi connectivity index (χ1) is 9.11. The second kappa shape index (κ2) is 5.69. The molecule has 0 fully saturated rings. The Hall–Kier alpha value is -2.10. The molecule has 100 valence electrons. The number of carboxylic acid groups (broad SMARTS) is 1. The molecule has 19 heavy (non-hydrogen) atoms. The number of carbonyl (C=O) groups is 1. The molecule has 4 heteroatoms. The summed E-state index contributed by atoms with van der Waals surface area (Å²) >= 11 is 0. The smallest absolute Gasteiger partial charge is 0.358 e. The van der Waals surface area contributed by atoms with E-state index in [-0.39, 0.29) is 5.69 Å². The molecule has 1 aromatic heterocycles. The second-order valence-corrected chi connectivity index (χ2v) is 4.53. The maximum absolute atomic E-state index is 10.9. The molecule has 0 aliphatic rings. The summed E-state index contributed by atoms with van der Waals surface area (Å²) in [4.78, 5) is 14.9. The van der Waals surface area contributed by atoms with Crippen LogP contribution in [0, 0.1) is 6.92 Å². The third-order valence-electron chi connectivity index (χ3n) is 3.02. The van der Waals surface area contributed by atoms with Crippen LogP contribution >= 0.6 is 0 Å². The summed E-state index contributed by atoms with van der Waals surface area (Å²) in [6, 6.07) is 7.90. The first kappa shape index (κ1) is 13.3. The van der Waals surface area contributed by atoms with Crippen LogP contribution in [-0.4, -0.2) is 16.1 Å². The van der Waals surface area contributed by atoms with Gasteiger partial charge in [-0.25, -0.2) is 9.78 Å². The van der Waals surface area contributed by atoms with Gasteiger partial charge in [0.05, 0.1) is 0 Å². The highest BCUT2D eigenvalue weighted by molar-refractivity contribution is 5.87. The zero-order valence-electron chi connectivity index (χ0n) is 11.1. The van der Waals surface area contributed by atoms with Crippen molar-refractivity contribution >= 4 is 5.97 Å². The summed E-state index contributed by atoms with van der Waals surface area (Å²) in [6.45, 7) is 3.77. The molecule has 0 unspecified atom stereocenters. The van der Waals surface area contributed by atoms with Crippen LogP contribution in [0.5, 0.6) is 0 Å². The average Bonchev–Trinajstić information content (AvgIpc) is 2.79. The van der Waals surface area contributed by atoms with Crippen molar-refractivity contribution in [1.82, 2.24) is 4.98 Å². The van der Waals surface area contributed by atoms with E-state index in [1.165, 1.54) is 18.4 Å². The number of nitrogens with zero attached hydrogens (tertiary/aromatic N) is 1. The maximum atomic E-state index is 10.9. The van der Waals surface area contributed by atoms with Crippen molar-refractivity contribution in [3.8, 4) is 11.5 Å². The predicted octanol–water partition coefficient (Wildman–Crippen LogP) is 3.69. The fourth-order valence-corrected chi connectivity index (χ4v) is 1.91. The number of benzene rings is 1. The van der Waals surface area contributed by atoms with E-state index in [0.717, 1.165) is 12.0 Å². The van der Waals surface area contributed by atoms with Crippen LogP contribution in [0.4, 0.5) is 0 Å². The van der Waals surface area contributed by atoms with Gasteiger partial charge in [-0.15, -0.1) is 0 Å². The van der Waals surface area contributed by atoms with Crippen LogP contribution in [0.3, 0.4) is 0 Å². The standard InChI is InChI=1S/C15H17NO3/c1-3-4-5-11-6-8-12(9-7-11)14-16-13(15(17)18)10(2)19-14/h6-9H,3-5H2,1-2H3,(H,17,18). The van der Waals surface area contributed by atoms with E-state index in [9.17, 15) is 4.79 Å². The van der Waals surface area contributed by atoms with Crippen molar-refractivity contribution in [2.75, 3.05) is 0 Å². The minimum atomic E-state index is -1.06. The monoisotopic (exact) mass is 259 g/mol. The van der Waals surface area contributed by atoms with Crippen molar-refractivity contribution in [2.24, 2.45) is 0 Å². The number of rotatable bonds is 5. The van der Waals surface area contributed by atoms with Crippen molar-refractivity contribution in [2.45, 2.75) is 33.1 Å². The highest BCUT2D eigenvalue weighted by Gasteiger charge is 2.16. The Balaban J connectivity index is 2.22. The number of hydrogen-bond donors (Lipinski definition) is 1. The molecule has 2 rings (SSSR count).